The molecule has 146 valence electrons. The predicted octanol–water partition coefficient (Wildman–Crippen LogP) is 2.65. The summed E-state index contributed by atoms with van der Waals surface area (Å²) in [4.78, 5) is 14.4. The van der Waals surface area contributed by atoms with Gasteiger partial charge in [0, 0.05) is 24.7 Å². The van der Waals surface area contributed by atoms with E-state index in [-0.39, 0.29) is 16.9 Å². The summed E-state index contributed by atoms with van der Waals surface area (Å²) in [6, 6.07) is 10.7. The monoisotopic (exact) mass is 399 g/mol. The van der Waals surface area contributed by atoms with Gasteiger partial charge < -0.3 is 14.6 Å². The van der Waals surface area contributed by atoms with E-state index in [1.54, 1.807) is 25.1 Å². The number of nitrogens with zero attached hydrogens (tertiary/aromatic N) is 2. The number of likely N-dealkylation sites (tertiary alicyclic amines) is 1. The second-order valence-corrected chi connectivity index (χ2v) is 8.50. The molecule has 0 atom stereocenters. The van der Waals surface area contributed by atoms with Crippen molar-refractivity contribution in [2.24, 2.45) is 4.40 Å². The number of amides is 1. The van der Waals surface area contributed by atoms with E-state index in [1.165, 1.54) is 12.5 Å². The van der Waals surface area contributed by atoms with E-state index < -0.39 is 10.0 Å². The predicted molar refractivity (Wildman–Crippen MR) is 106 cm³/mol. The van der Waals surface area contributed by atoms with Crippen molar-refractivity contribution in [2.45, 2.75) is 25.8 Å². The van der Waals surface area contributed by atoms with Crippen LogP contribution in [-0.4, -0.2) is 44.2 Å². The summed E-state index contributed by atoms with van der Waals surface area (Å²) in [6.45, 7) is 3.06. The van der Waals surface area contributed by atoms with Gasteiger partial charge in [-0.25, -0.2) is 0 Å². The highest BCUT2D eigenvalue weighted by Crippen LogP contribution is 2.34. The molecule has 0 bridgehead atoms. The summed E-state index contributed by atoms with van der Waals surface area (Å²) in [5, 5.41) is 3.00. The Labute approximate surface area is 163 Å². The van der Waals surface area contributed by atoms with Gasteiger partial charge in [0.1, 0.15) is 17.0 Å². The number of nitrogens with one attached hydrogen (secondary N) is 1. The Morgan fingerprint density at radius 1 is 1.18 bits per heavy atom. The molecule has 0 saturated carbocycles. The lowest BCUT2D eigenvalue weighted by Crippen LogP contribution is -2.46. The molecule has 3 heterocycles. The van der Waals surface area contributed by atoms with Gasteiger partial charge in [-0.1, -0.05) is 30.3 Å². The van der Waals surface area contributed by atoms with Crippen molar-refractivity contribution in [3.05, 3.63) is 65.6 Å². The number of carbonyl (C=O) groups excluding carboxylic acids is 1. The second kappa shape index (κ2) is 7.27. The van der Waals surface area contributed by atoms with Crippen LogP contribution in [0.4, 0.5) is 0 Å². The third-order valence-corrected chi connectivity index (χ3v) is 6.56. The fourth-order valence-electron chi connectivity index (χ4n) is 3.67. The Morgan fingerprint density at radius 2 is 1.89 bits per heavy atom. The zero-order valence-electron chi connectivity index (χ0n) is 15.5. The number of sulfonamides is 1. The molecule has 1 amide bonds. The standard InChI is InChI=1S/C20H21N3O4S/c1-14-18(15-5-3-2-4-6-15)28(25,26)22-19(14)23-10-7-17(8-11-23)21-20(24)16-9-12-27-13-16/h2-6,9,12-13,17H,7-8,10-11H2,1H3,(H,21,24). The number of rotatable bonds is 3. The summed E-state index contributed by atoms with van der Waals surface area (Å²) in [5.74, 6) is 0.355. The number of amidine groups is 1. The van der Waals surface area contributed by atoms with E-state index in [0.717, 1.165) is 12.8 Å². The van der Waals surface area contributed by atoms with Crippen LogP contribution in [0.3, 0.4) is 0 Å². The van der Waals surface area contributed by atoms with Gasteiger partial charge in [0.25, 0.3) is 15.9 Å². The lowest BCUT2D eigenvalue weighted by Gasteiger charge is -2.33. The molecule has 8 heteroatoms. The fraction of sp³-hybridized carbons (Fsp3) is 0.300. The number of furan rings is 1. The third kappa shape index (κ3) is 3.47. The summed E-state index contributed by atoms with van der Waals surface area (Å²) in [7, 11) is -3.70. The number of piperidine rings is 1. The minimum absolute atomic E-state index is 0.0372. The average molecular weight is 399 g/mol. The molecule has 0 unspecified atom stereocenters. The number of carbonyl (C=O) groups is 1. The Balaban J connectivity index is 1.46. The Bertz CT molecular complexity index is 1030. The van der Waals surface area contributed by atoms with E-state index >= 15 is 0 Å². The molecular weight excluding hydrogens is 378 g/mol. The van der Waals surface area contributed by atoms with Crippen LogP contribution < -0.4 is 5.32 Å². The Hall–Kier alpha value is -2.87. The van der Waals surface area contributed by atoms with Crippen LogP contribution in [0.15, 0.2) is 63.3 Å². The van der Waals surface area contributed by atoms with Gasteiger partial charge in [0.05, 0.1) is 11.8 Å². The molecule has 2 aliphatic heterocycles. The van der Waals surface area contributed by atoms with Gasteiger partial charge in [0.2, 0.25) is 0 Å². The highest BCUT2D eigenvalue weighted by atomic mass is 32.2. The molecule has 2 aromatic rings. The normalized spacial score (nSPS) is 19.6. The first kappa shape index (κ1) is 18.5. The quantitative estimate of drug-likeness (QED) is 0.857. The van der Waals surface area contributed by atoms with Gasteiger partial charge in [-0.2, -0.15) is 8.42 Å². The van der Waals surface area contributed by atoms with Crippen molar-refractivity contribution < 1.29 is 17.6 Å². The van der Waals surface area contributed by atoms with Gasteiger partial charge >= 0.3 is 0 Å². The zero-order valence-corrected chi connectivity index (χ0v) is 16.3. The smallest absolute Gasteiger partial charge is 0.285 e. The van der Waals surface area contributed by atoms with Crippen LogP contribution >= 0.6 is 0 Å². The van der Waals surface area contributed by atoms with Crippen molar-refractivity contribution >= 4 is 26.7 Å². The number of hydrogen-bond acceptors (Lipinski definition) is 5. The summed E-state index contributed by atoms with van der Waals surface area (Å²) >= 11 is 0. The topological polar surface area (TPSA) is 92.0 Å². The van der Waals surface area contributed by atoms with E-state index in [4.69, 9.17) is 4.42 Å². The summed E-state index contributed by atoms with van der Waals surface area (Å²) < 4.78 is 34.2. The van der Waals surface area contributed by atoms with Crippen molar-refractivity contribution in [3.63, 3.8) is 0 Å². The fourth-order valence-corrected chi connectivity index (χ4v) is 5.15. The van der Waals surface area contributed by atoms with Crippen LogP contribution in [0.25, 0.3) is 4.91 Å². The largest absolute Gasteiger partial charge is 0.472 e. The molecule has 7 nitrogen and oxygen atoms in total. The van der Waals surface area contributed by atoms with Crippen LogP contribution in [0.2, 0.25) is 0 Å². The molecule has 1 aromatic heterocycles. The van der Waals surface area contributed by atoms with Crippen LogP contribution in [0.5, 0.6) is 0 Å². The minimum Gasteiger partial charge on any atom is -0.472 e. The summed E-state index contributed by atoms with van der Waals surface area (Å²) in [6.07, 6.45) is 4.32. The molecule has 1 N–H and O–H groups in total. The van der Waals surface area contributed by atoms with E-state index in [1.807, 2.05) is 23.1 Å². The first-order chi connectivity index (χ1) is 13.5. The van der Waals surface area contributed by atoms with E-state index in [2.05, 4.69) is 9.71 Å². The minimum atomic E-state index is -3.70. The van der Waals surface area contributed by atoms with E-state index in [0.29, 0.717) is 35.6 Å². The highest BCUT2D eigenvalue weighted by Gasteiger charge is 2.34. The molecule has 4 rings (SSSR count). The molecule has 1 saturated heterocycles. The maximum absolute atomic E-state index is 12.6. The zero-order chi connectivity index (χ0) is 19.7. The van der Waals surface area contributed by atoms with Crippen LogP contribution in [-0.2, 0) is 10.0 Å². The first-order valence-corrected chi connectivity index (χ1v) is 10.6. The molecule has 28 heavy (non-hydrogen) atoms. The van der Waals surface area contributed by atoms with E-state index in [9.17, 15) is 13.2 Å². The van der Waals surface area contributed by atoms with Crippen LogP contribution in [0.1, 0.15) is 35.7 Å². The van der Waals surface area contributed by atoms with Gasteiger partial charge in [-0.3, -0.25) is 4.79 Å². The third-order valence-electron chi connectivity index (χ3n) is 5.09. The molecular formula is C20H21N3O4S. The molecule has 1 fully saturated rings. The Morgan fingerprint density at radius 3 is 2.54 bits per heavy atom. The summed E-state index contributed by atoms with van der Waals surface area (Å²) in [5.41, 5.74) is 1.83. The van der Waals surface area contributed by atoms with Gasteiger partial charge in [-0.05, 0) is 31.4 Å². The Kier molecular flexibility index (Phi) is 4.80. The van der Waals surface area contributed by atoms with Crippen molar-refractivity contribution in [1.29, 1.82) is 0 Å². The van der Waals surface area contributed by atoms with Crippen molar-refractivity contribution in [3.8, 4) is 0 Å². The average Bonchev–Trinajstić information content (AvgIpc) is 3.30. The molecule has 0 spiro atoms. The number of hydrogen-bond donors (Lipinski definition) is 1. The van der Waals surface area contributed by atoms with Gasteiger partial charge in [-0.15, -0.1) is 4.40 Å². The lowest BCUT2D eigenvalue weighted by atomic mass is 10.0. The first-order valence-electron chi connectivity index (χ1n) is 9.15. The maximum atomic E-state index is 12.6. The molecule has 2 aliphatic rings. The molecule has 1 aromatic carbocycles. The highest BCUT2D eigenvalue weighted by molar-refractivity contribution is 8.00. The number of benzene rings is 1. The SMILES string of the molecule is CC1=C(c2ccccc2)S(=O)(=O)N=C1N1CCC(NC(=O)c2ccoc2)CC1. The molecule has 0 aliphatic carbocycles. The lowest BCUT2D eigenvalue weighted by molar-refractivity contribution is 0.0922. The molecule has 0 radical (unpaired) electrons. The maximum Gasteiger partial charge on any atom is 0.285 e. The van der Waals surface area contributed by atoms with Crippen molar-refractivity contribution in [1.82, 2.24) is 10.2 Å². The van der Waals surface area contributed by atoms with Crippen molar-refractivity contribution in [2.75, 3.05) is 13.1 Å². The second-order valence-electron chi connectivity index (χ2n) is 6.96. The van der Waals surface area contributed by atoms with Crippen LogP contribution in [0, 0.1) is 0 Å². The van der Waals surface area contributed by atoms with Gasteiger partial charge in [0.15, 0.2) is 0 Å².